The quantitative estimate of drug-likeness (QED) is 0.822. The number of nitrogens with one attached hydrogen (secondary N) is 1. The van der Waals surface area contributed by atoms with Crippen molar-refractivity contribution in [1.82, 2.24) is 5.32 Å². The highest BCUT2D eigenvalue weighted by Crippen LogP contribution is 2.19. The van der Waals surface area contributed by atoms with Crippen molar-refractivity contribution in [3.63, 3.8) is 0 Å². The average molecular weight is 353 g/mol. The van der Waals surface area contributed by atoms with Crippen LogP contribution < -0.4 is 5.32 Å². The van der Waals surface area contributed by atoms with Gasteiger partial charge in [0.1, 0.15) is 0 Å². The van der Waals surface area contributed by atoms with Crippen molar-refractivity contribution in [2.24, 2.45) is 0 Å². The van der Waals surface area contributed by atoms with E-state index in [1.807, 2.05) is 0 Å². The third kappa shape index (κ3) is 3.24. The maximum absolute atomic E-state index is 11.9. The van der Waals surface area contributed by atoms with Crippen LogP contribution in [0.4, 0.5) is 0 Å². The van der Waals surface area contributed by atoms with E-state index in [2.05, 4.69) is 21.2 Å². The van der Waals surface area contributed by atoms with Crippen LogP contribution in [-0.2, 0) is 9.84 Å². The minimum atomic E-state index is -3.14. The van der Waals surface area contributed by atoms with Gasteiger partial charge in [-0.25, -0.2) is 8.42 Å². The normalized spacial score (nSPS) is 25.9. The summed E-state index contributed by atoms with van der Waals surface area (Å²) in [5.74, 6) is -0.497. The van der Waals surface area contributed by atoms with Crippen LogP contribution in [0.2, 0.25) is 0 Å². The Hall–Kier alpha value is -0.590. The predicted molar refractivity (Wildman–Crippen MR) is 73.7 cm³/mol. The molecule has 2 rings (SSSR count). The minimum Gasteiger partial charge on any atom is -0.347 e. The zero-order chi connectivity index (χ0) is 13.3. The summed E-state index contributed by atoms with van der Waals surface area (Å²) in [6, 6.07) is 6.35. The van der Waals surface area contributed by atoms with Gasteiger partial charge in [-0.15, -0.1) is 11.6 Å². The molecular formula is C11H11BrClNO3S. The maximum atomic E-state index is 11.9. The third-order valence-electron chi connectivity index (χ3n) is 2.69. The number of halogens is 2. The first-order valence-corrected chi connectivity index (χ1v) is 8.33. The molecule has 1 aliphatic rings. The topological polar surface area (TPSA) is 63.2 Å². The van der Waals surface area contributed by atoms with Crippen LogP contribution in [0.5, 0.6) is 0 Å². The van der Waals surface area contributed by atoms with E-state index in [1.165, 1.54) is 0 Å². The van der Waals surface area contributed by atoms with Crippen molar-refractivity contribution in [2.45, 2.75) is 11.4 Å². The zero-order valence-corrected chi connectivity index (χ0v) is 12.4. The largest absolute Gasteiger partial charge is 0.347 e. The van der Waals surface area contributed by atoms with E-state index < -0.39 is 21.3 Å². The second kappa shape index (κ2) is 5.19. The minimum absolute atomic E-state index is 0.0853. The lowest BCUT2D eigenvalue weighted by atomic mass is 10.2. The Labute approximate surface area is 119 Å². The lowest BCUT2D eigenvalue weighted by Crippen LogP contribution is -2.40. The van der Waals surface area contributed by atoms with Crippen LogP contribution in [0, 0.1) is 0 Å². The lowest BCUT2D eigenvalue weighted by molar-refractivity contribution is 0.0941. The third-order valence-corrected chi connectivity index (χ3v) is 5.56. The molecule has 1 amide bonds. The van der Waals surface area contributed by atoms with Crippen molar-refractivity contribution in [3.8, 4) is 0 Å². The van der Waals surface area contributed by atoms with Gasteiger partial charge in [-0.1, -0.05) is 22.0 Å². The molecule has 1 aromatic rings. The summed E-state index contributed by atoms with van der Waals surface area (Å²) in [6.07, 6.45) is 0. The van der Waals surface area contributed by atoms with E-state index in [1.54, 1.807) is 24.3 Å². The van der Waals surface area contributed by atoms with Gasteiger partial charge in [0.15, 0.2) is 9.84 Å². The molecule has 1 saturated heterocycles. The summed E-state index contributed by atoms with van der Waals surface area (Å²) < 4.78 is 23.5. The molecule has 0 aromatic heterocycles. The molecule has 0 spiro atoms. The summed E-state index contributed by atoms with van der Waals surface area (Å²) in [6.45, 7) is 0. The number of rotatable bonds is 2. The molecule has 0 saturated carbocycles. The smallest absolute Gasteiger partial charge is 0.251 e. The molecule has 1 heterocycles. The molecule has 0 bridgehead atoms. The highest BCUT2D eigenvalue weighted by Gasteiger charge is 2.37. The van der Waals surface area contributed by atoms with E-state index >= 15 is 0 Å². The molecule has 1 aliphatic heterocycles. The Morgan fingerprint density at radius 1 is 1.39 bits per heavy atom. The fourth-order valence-electron chi connectivity index (χ4n) is 1.82. The van der Waals surface area contributed by atoms with Crippen molar-refractivity contribution in [1.29, 1.82) is 0 Å². The van der Waals surface area contributed by atoms with Gasteiger partial charge in [-0.3, -0.25) is 4.79 Å². The van der Waals surface area contributed by atoms with Gasteiger partial charge in [0.05, 0.1) is 22.9 Å². The Bertz CT molecular complexity index is 575. The van der Waals surface area contributed by atoms with Crippen molar-refractivity contribution < 1.29 is 13.2 Å². The van der Waals surface area contributed by atoms with E-state index in [0.717, 1.165) is 4.47 Å². The van der Waals surface area contributed by atoms with Gasteiger partial charge in [0, 0.05) is 10.0 Å². The summed E-state index contributed by atoms with van der Waals surface area (Å²) in [7, 11) is -3.14. The molecule has 1 fully saturated rings. The highest BCUT2D eigenvalue weighted by molar-refractivity contribution is 9.10. The van der Waals surface area contributed by atoms with E-state index in [9.17, 15) is 13.2 Å². The molecular weight excluding hydrogens is 342 g/mol. The van der Waals surface area contributed by atoms with Crippen molar-refractivity contribution in [2.75, 3.05) is 11.5 Å². The summed E-state index contributed by atoms with van der Waals surface area (Å²) in [5.41, 5.74) is 0.470. The second-order valence-corrected chi connectivity index (χ2v) is 7.81. The number of benzene rings is 1. The van der Waals surface area contributed by atoms with Crippen molar-refractivity contribution in [3.05, 3.63) is 34.3 Å². The predicted octanol–water partition coefficient (Wildman–Crippen LogP) is 1.58. The first-order chi connectivity index (χ1) is 8.37. The van der Waals surface area contributed by atoms with E-state index in [4.69, 9.17) is 11.6 Å². The molecule has 0 aliphatic carbocycles. The summed E-state index contributed by atoms with van der Waals surface area (Å²) in [4.78, 5) is 11.9. The van der Waals surface area contributed by atoms with E-state index in [0.29, 0.717) is 5.56 Å². The SMILES string of the molecule is O=C(NC1CS(=O)(=O)CC1Cl)c1cccc(Br)c1. The summed E-state index contributed by atoms with van der Waals surface area (Å²) in [5, 5.41) is 2.09. The molecule has 2 unspecified atom stereocenters. The van der Waals surface area contributed by atoms with Crippen LogP contribution in [0.1, 0.15) is 10.4 Å². The van der Waals surface area contributed by atoms with Gasteiger partial charge < -0.3 is 5.32 Å². The van der Waals surface area contributed by atoms with Gasteiger partial charge in [0.2, 0.25) is 0 Å². The van der Waals surface area contributed by atoms with E-state index in [-0.39, 0.29) is 17.4 Å². The van der Waals surface area contributed by atoms with Gasteiger partial charge in [-0.2, -0.15) is 0 Å². The molecule has 18 heavy (non-hydrogen) atoms. The molecule has 0 radical (unpaired) electrons. The number of carbonyl (C=O) groups excluding carboxylic acids is 1. The number of amides is 1. The molecule has 2 atom stereocenters. The first-order valence-electron chi connectivity index (χ1n) is 5.28. The zero-order valence-electron chi connectivity index (χ0n) is 9.27. The van der Waals surface area contributed by atoms with Crippen LogP contribution in [0.25, 0.3) is 0 Å². The van der Waals surface area contributed by atoms with Crippen LogP contribution >= 0.6 is 27.5 Å². The molecule has 98 valence electrons. The summed E-state index contributed by atoms with van der Waals surface area (Å²) >= 11 is 9.19. The fraction of sp³-hybridized carbons (Fsp3) is 0.364. The molecule has 7 heteroatoms. The van der Waals surface area contributed by atoms with Crippen molar-refractivity contribution >= 4 is 43.3 Å². The molecule has 1 aromatic carbocycles. The number of hydrogen-bond acceptors (Lipinski definition) is 3. The van der Waals surface area contributed by atoms with Crippen LogP contribution in [-0.4, -0.2) is 37.2 Å². The maximum Gasteiger partial charge on any atom is 0.251 e. The number of hydrogen-bond donors (Lipinski definition) is 1. The highest BCUT2D eigenvalue weighted by atomic mass is 79.9. The molecule has 4 nitrogen and oxygen atoms in total. The standard InChI is InChI=1S/C11H11BrClNO3S/c12-8-3-1-2-7(4-8)11(15)14-10-6-18(16,17)5-9(10)13/h1-4,9-10H,5-6H2,(H,14,15). The number of alkyl halides is 1. The Morgan fingerprint density at radius 2 is 2.11 bits per heavy atom. The lowest BCUT2D eigenvalue weighted by Gasteiger charge is -2.14. The first kappa shape index (κ1) is 13.8. The average Bonchev–Trinajstić information content (AvgIpc) is 2.51. The second-order valence-electron chi connectivity index (χ2n) is 4.18. The van der Waals surface area contributed by atoms with Gasteiger partial charge in [0.25, 0.3) is 5.91 Å². The van der Waals surface area contributed by atoms with Crippen LogP contribution in [0.15, 0.2) is 28.7 Å². The monoisotopic (exact) mass is 351 g/mol. The molecule has 1 N–H and O–H groups in total. The van der Waals surface area contributed by atoms with Gasteiger partial charge >= 0.3 is 0 Å². The van der Waals surface area contributed by atoms with Crippen LogP contribution in [0.3, 0.4) is 0 Å². The Morgan fingerprint density at radius 3 is 2.67 bits per heavy atom. The number of carbonyl (C=O) groups is 1. The Kier molecular flexibility index (Phi) is 3.99. The Balaban J connectivity index is 2.09. The fourth-order valence-corrected chi connectivity index (χ4v) is 4.77. The number of sulfone groups is 1. The van der Waals surface area contributed by atoms with Gasteiger partial charge in [-0.05, 0) is 18.2 Å².